The highest BCUT2D eigenvalue weighted by atomic mass is 19.4. The standard InChI is InChI=1S/C34H31F3N4O5/c35-34(36,37)31(43)38-24-14-15-41(19-24)32(44)33(18-27(33)30(42)40-45)17-21-10-12-25(13-11-21)46-20-23-16-29(22-6-2-1-3-7-22)39-28-9-5-4-8-26(23)28/h1-13,16,24,27,45H,14-15,17-20H2,(H,38,43)(H,40,42)/t24-,27+,33-/m0/s1. The number of hydrogen-bond donors (Lipinski definition) is 3. The number of aromatic nitrogens is 1. The summed E-state index contributed by atoms with van der Waals surface area (Å²) in [5.41, 5.74) is 4.84. The van der Waals surface area contributed by atoms with E-state index < -0.39 is 41.3 Å². The number of para-hydroxylation sites is 1. The molecule has 1 aliphatic carbocycles. The number of fused-ring (bicyclic) bond motifs is 1. The lowest BCUT2D eigenvalue weighted by atomic mass is 9.92. The number of rotatable bonds is 9. The summed E-state index contributed by atoms with van der Waals surface area (Å²) in [7, 11) is 0. The first-order valence-electron chi connectivity index (χ1n) is 14.8. The zero-order valence-electron chi connectivity index (χ0n) is 24.6. The molecule has 12 heteroatoms. The Balaban J connectivity index is 1.15. The summed E-state index contributed by atoms with van der Waals surface area (Å²) in [6.07, 6.45) is -4.51. The van der Waals surface area contributed by atoms with Crippen LogP contribution in [0.5, 0.6) is 5.75 Å². The van der Waals surface area contributed by atoms with Gasteiger partial charge in [0.2, 0.25) is 11.8 Å². The van der Waals surface area contributed by atoms with Crippen molar-refractivity contribution in [3.05, 3.63) is 96.1 Å². The van der Waals surface area contributed by atoms with Crippen LogP contribution < -0.4 is 15.5 Å². The summed E-state index contributed by atoms with van der Waals surface area (Å²) in [5.74, 6) is -3.36. The molecule has 46 heavy (non-hydrogen) atoms. The summed E-state index contributed by atoms with van der Waals surface area (Å²) in [6, 6.07) is 26.0. The lowest BCUT2D eigenvalue weighted by Crippen LogP contribution is -2.46. The molecule has 1 aromatic heterocycles. The number of alkyl halides is 3. The van der Waals surface area contributed by atoms with Crippen LogP contribution in [-0.4, -0.2) is 58.1 Å². The van der Waals surface area contributed by atoms with Crippen LogP contribution in [0, 0.1) is 11.3 Å². The van der Waals surface area contributed by atoms with E-state index in [4.69, 9.17) is 9.72 Å². The van der Waals surface area contributed by atoms with E-state index in [2.05, 4.69) is 0 Å². The van der Waals surface area contributed by atoms with E-state index in [0.29, 0.717) is 5.75 Å². The Labute approximate surface area is 262 Å². The van der Waals surface area contributed by atoms with Gasteiger partial charge in [-0.1, -0.05) is 60.7 Å². The molecule has 3 atom stereocenters. The minimum Gasteiger partial charge on any atom is -0.489 e. The van der Waals surface area contributed by atoms with Gasteiger partial charge in [0, 0.05) is 35.6 Å². The summed E-state index contributed by atoms with van der Waals surface area (Å²) in [6.45, 7) is 0.321. The van der Waals surface area contributed by atoms with Gasteiger partial charge < -0.3 is 15.0 Å². The average Bonchev–Trinajstić information content (AvgIpc) is 3.61. The van der Waals surface area contributed by atoms with Crippen LogP contribution in [0.25, 0.3) is 22.2 Å². The van der Waals surface area contributed by atoms with Gasteiger partial charge in [0.05, 0.1) is 22.5 Å². The van der Waals surface area contributed by atoms with Gasteiger partial charge in [-0.3, -0.25) is 19.6 Å². The zero-order chi connectivity index (χ0) is 32.5. The van der Waals surface area contributed by atoms with Crippen LogP contribution in [0.4, 0.5) is 13.2 Å². The van der Waals surface area contributed by atoms with Crippen molar-refractivity contribution in [3.8, 4) is 17.0 Å². The van der Waals surface area contributed by atoms with Crippen LogP contribution in [0.1, 0.15) is 24.0 Å². The molecule has 2 aliphatic rings. The number of hydrogen-bond acceptors (Lipinski definition) is 6. The van der Waals surface area contributed by atoms with Crippen molar-refractivity contribution < 1.29 is 37.5 Å². The van der Waals surface area contributed by atoms with Crippen molar-refractivity contribution in [2.24, 2.45) is 11.3 Å². The van der Waals surface area contributed by atoms with Crippen molar-refractivity contribution in [3.63, 3.8) is 0 Å². The number of ether oxygens (including phenoxy) is 1. The smallest absolute Gasteiger partial charge is 0.471 e. The van der Waals surface area contributed by atoms with E-state index in [9.17, 15) is 32.8 Å². The summed E-state index contributed by atoms with van der Waals surface area (Å²) < 4.78 is 44.3. The number of amides is 3. The number of hydroxylamine groups is 1. The maximum Gasteiger partial charge on any atom is 0.471 e. The Kier molecular flexibility index (Phi) is 8.39. The van der Waals surface area contributed by atoms with E-state index in [1.54, 1.807) is 29.7 Å². The summed E-state index contributed by atoms with van der Waals surface area (Å²) in [4.78, 5) is 43.6. The molecule has 1 aliphatic heterocycles. The number of carbonyl (C=O) groups excluding carboxylic acids is 3. The molecule has 2 heterocycles. The summed E-state index contributed by atoms with van der Waals surface area (Å²) >= 11 is 0. The molecule has 1 saturated heterocycles. The quantitative estimate of drug-likeness (QED) is 0.180. The number of nitrogens with zero attached hydrogens (tertiary/aromatic N) is 2. The molecule has 4 aromatic rings. The van der Waals surface area contributed by atoms with E-state index in [1.807, 2.05) is 66.0 Å². The number of pyridine rings is 1. The topological polar surface area (TPSA) is 121 Å². The van der Waals surface area contributed by atoms with Crippen molar-refractivity contribution in [2.45, 2.75) is 38.1 Å². The average molecular weight is 633 g/mol. The molecule has 9 nitrogen and oxygen atoms in total. The first kappa shape index (κ1) is 31.0. The Hall–Kier alpha value is -4.97. The van der Waals surface area contributed by atoms with E-state index in [0.717, 1.165) is 33.3 Å². The lowest BCUT2D eigenvalue weighted by molar-refractivity contribution is -0.174. The molecule has 3 aromatic carbocycles. The molecule has 1 saturated carbocycles. The van der Waals surface area contributed by atoms with Crippen molar-refractivity contribution in [2.75, 3.05) is 13.1 Å². The molecule has 0 bridgehead atoms. The summed E-state index contributed by atoms with van der Waals surface area (Å²) in [5, 5.41) is 12.1. The van der Waals surface area contributed by atoms with Crippen molar-refractivity contribution >= 4 is 28.6 Å². The first-order chi connectivity index (χ1) is 22.1. The second-order valence-corrected chi connectivity index (χ2v) is 11.8. The van der Waals surface area contributed by atoms with Gasteiger partial charge in [0.1, 0.15) is 12.4 Å². The fraction of sp³-hybridized carbons (Fsp3) is 0.294. The molecule has 0 unspecified atom stereocenters. The Morgan fingerprint density at radius 1 is 1.00 bits per heavy atom. The van der Waals surface area contributed by atoms with Gasteiger partial charge in [-0.2, -0.15) is 13.2 Å². The highest BCUT2D eigenvalue weighted by molar-refractivity contribution is 5.96. The third-order valence-electron chi connectivity index (χ3n) is 8.70. The lowest BCUT2D eigenvalue weighted by Gasteiger charge is -2.25. The third kappa shape index (κ3) is 6.38. The van der Waals surface area contributed by atoms with E-state index in [1.165, 1.54) is 4.90 Å². The van der Waals surface area contributed by atoms with Gasteiger partial charge in [-0.15, -0.1) is 0 Å². The van der Waals surface area contributed by atoms with Gasteiger partial charge in [0.25, 0.3) is 0 Å². The molecular weight excluding hydrogens is 601 g/mol. The highest BCUT2D eigenvalue weighted by Crippen LogP contribution is 2.56. The molecule has 6 rings (SSSR count). The van der Waals surface area contributed by atoms with Gasteiger partial charge in [-0.25, -0.2) is 10.5 Å². The molecule has 238 valence electrons. The largest absolute Gasteiger partial charge is 0.489 e. The van der Waals surface area contributed by atoms with Crippen LogP contribution in [0.15, 0.2) is 84.9 Å². The Morgan fingerprint density at radius 3 is 2.43 bits per heavy atom. The second kappa shape index (κ2) is 12.4. The van der Waals surface area contributed by atoms with Gasteiger partial charge >= 0.3 is 12.1 Å². The fourth-order valence-electron chi connectivity index (χ4n) is 6.23. The normalized spacial score (nSPS) is 20.7. The van der Waals surface area contributed by atoms with Crippen molar-refractivity contribution in [1.29, 1.82) is 0 Å². The van der Waals surface area contributed by atoms with Crippen LogP contribution in [-0.2, 0) is 27.4 Å². The maximum atomic E-state index is 13.7. The molecule has 2 fully saturated rings. The fourth-order valence-corrected chi connectivity index (χ4v) is 6.23. The van der Waals surface area contributed by atoms with Gasteiger partial charge in [-0.05, 0) is 49.1 Å². The molecular formula is C34H31F3N4O5. The Morgan fingerprint density at radius 2 is 1.72 bits per heavy atom. The minimum absolute atomic E-state index is 0.0989. The van der Waals surface area contributed by atoms with Gasteiger partial charge in [0.15, 0.2) is 0 Å². The number of benzene rings is 3. The van der Waals surface area contributed by atoms with Crippen molar-refractivity contribution in [1.82, 2.24) is 20.7 Å². The molecule has 3 amide bonds. The predicted octanol–water partition coefficient (Wildman–Crippen LogP) is 4.81. The van der Waals surface area contributed by atoms with Crippen LogP contribution >= 0.6 is 0 Å². The van der Waals surface area contributed by atoms with Crippen LogP contribution in [0.3, 0.4) is 0 Å². The maximum absolute atomic E-state index is 13.7. The molecule has 0 spiro atoms. The number of nitrogens with one attached hydrogen (secondary N) is 2. The van der Waals surface area contributed by atoms with E-state index >= 15 is 0 Å². The highest BCUT2D eigenvalue weighted by Gasteiger charge is 2.64. The third-order valence-corrected chi connectivity index (χ3v) is 8.70. The Bertz CT molecular complexity index is 1770. The zero-order valence-corrected chi connectivity index (χ0v) is 24.6. The molecule has 3 N–H and O–H groups in total. The monoisotopic (exact) mass is 632 g/mol. The SMILES string of the molecule is O=C(NO)[C@H]1C[C@]1(Cc1ccc(OCc2cc(-c3ccccc3)nc3ccccc23)cc1)C(=O)N1CC[C@H](NC(=O)C(F)(F)F)C1. The number of carbonyl (C=O) groups is 3. The predicted molar refractivity (Wildman–Crippen MR) is 161 cm³/mol. The number of likely N-dealkylation sites (tertiary alicyclic amines) is 1. The minimum atomic E-state index is -5.02. The molecule has 0 radical (unpaired) electrons. The first-order valence-corrected chi connectivity index (χ1v) is 14.8. The number of halogens is 3. The van der Waals surface area contributed by atoms with E-state index in [-0.39, 0.29) is 39.0 Å². The second-order valence-electron chi connectivity index (χ2n) is 11.8. The van der Waals surface area contributed by atoms with Crippen LogP contribution in [0.2, 0.25) is 0 Å².